The van der Waals surface area contributed by atoms with Crippen molar-refractivity contribution in [3.8, 4) is 0 Å². The van der Waals surface area contributed by atoms with E-state index in [0.717, 1.165) is 24.9 Å². The molecule has 2 unspecified atom stereocenters. The average Bonchev–Trinajstić information content (AvgIpc) is 2.41. The summed E-state index contributed by atoms with van der Waals surface area (Å²) in [6, 6.07) is 9.41. The standard InChI is InChI=1S/C19H31N/c1-14(2)12-20-13-19(11-10-16(19)5)18-8-6-17(7-9-18)15(3)4/h6-9,14-16,20H,10-13H2,1-5H3. The van der Waals surface area contributed by atoms with Crippen molar-refractivity contribution < 1.29 is 0 Å². The van der Waals surface area contributed by atoms with Crippen LogP contribution in [0.15, 0.2) is 24.3 Å². The molecule has 0 amide bonds. The Hall–Kier alpha value is -0.820. The van der Waals surface area contributed by atoms with Crippen molar-refractivity contribution in [2.24, 2.45) is 11.8 Å². The molecule has 0 heterocycles. The third-order valence-corrected chi connectivity index (χ3v) is 5.11. The maximum atomic E-state index is 3.69. The summed E-state index contributed by atoms with van der Waals surface area (Å²) in [5, 5.41) is 3.69. The monoisotopic (exact) mass is 273 g/mol. The highest BCUT2D eigenvalue weighted by atomic mass is 14.9. The van der Waals surface area contributed by atoms with Gasteiger partial charge in [-0.2, -0.15) is 0 Å². The second-order valence-corrected chi connectivity index (χ2v) is 7.40. The van der Waals surface area contributed by atoms with Gasteiger partial charge in [-0.05, 0) is 48.3 Å². The summed E-state index contributed by atoms with van der Waals surface area (Å²) in [4.78, 5) is 0. The van der Waals surface area contributed by atoms with Crippen LogP contribution in [0.1, 0.15) is 64.5 Å². The van der Waals surface area contributed by atoms with Gasteiger partial charge in [-0.25, -0.2) is 0 Å². The van der Waals surface area contributed by atoms with E-state index < -0.39 is 0 Å². The highest BCUT2D eigenvalue weighted by Crippen LogP contribution is 2.48. The molecule has 1 aromatic carbocycles. The van der Waals surface area contributed by atoms with Gasteiger partial charge >= 0.3 is 0 Å². The zero-order chi connectivity index (χ0) is 14.8. The molecule has 1 N–H and O–H groups in total. The fourth-order valence-electron chi connectivity index (χ4n) is 3.36. The number of hydrogen-bond donors (Lipinski definition) is 1. The van der Waals surface area contributed by atoms with E-state index in [1.807, 2.05) is 0 Å². The normalized spacial score (nSPS) is 26.1. The highest BCUT2D eigenvalue weighted by molar-refractivity contribution is 5.34. The third kappa shape index (κ3) is 3.09. The Bertz CT molecular complexity index is 418. The molecule has 1 aliphatic rings. The molecule has 0 aromatic heterocycles. The molecule has 0 bridgehead atoms. The molecular formula is C19H31N. The molecule has 1 aliphatic carbocycles. The molecule has 20 heavy (non-hydrogen) atoms. The molecular weight excluding hydrogens is 242 g/mol. The van der Waals surface area contributed by atoms with Crippen LogP contribution in [0, 0.1) is 11.8 Å². The van der Waals surface area contributed by atoms with Gasteiger partial charge in [0.15, 0.2) is 0 Å². The maximum absolute atomic E-state index is 3.69. The van der Waals surface area contributed by atoms with Crippen molar-refractivity contribution in [1.29, 1.82) is 0 Å². The van der Waals surface area contributed by atoms with Gasteiger partial charge in [-0.15, -0.1) is 0 Å². The van der Waals surface area contributed by atoms with E-state index in [0.29, 0.717) is 11.3 Å². The van der Waals surface area contributed by atoms with Gasteiger partial charge in [0, 0.05) is 12.0 Å². The zero-order valence-corrected chi connectivity index (χ0v) is 13.9. The predicted molar refractivity (Wildman–Crippen MR) is 88.3 cm³/mol. The quantitative estimate of drug-likeness (QED) is 0.790. The average molecular weight is 273 g/mol. The summed E-state index contributed by atoms with van der Waals surface area (Å²) in [6.45, 7) is 13.8. The van der Waals surface area contributed by atoms with Crippen LogP contribution in [0.2, 0.25) is 0 Å². The van der Waals surface area contributed by atoms with Gasteiger partial charge in [0.1, 0.15) is 0 Å². The summed E-state index contributed by atoms with van der Waals surface area (Å²) in [6.07, 6.45) is 2.70. The number of rotatable bonds is 6. The molecule has 0 saturated heterocycles. The van der Waals surface area contributed by atoms with Gasteiger partial charge in [0.2, 0.25) is 0 Å². The second kappa shape index (κ2) is 6.30. The van der Waals surface area contributed by atoms with E-state index in [1.165, 1.54) is 24.0 Å². The number of hydrogen-bond acceptors (Lipinski definition) is 1. The molecule has 1 saturated carbocycles. The van der Waals surface area contributed by atoms with Gasteiger partial charge < -0.3 is 5.32 Å². The number of nitrogens with one attached hydrogen (secondary N) is 1. The smallest absolute Gasteiger partial charge is 0.0103 e. The van der Waals surface area contributed by atoms with Crippen LogP contribution in [0.25, 0.3) is 0 Å². The molecule has 2 rings (SSSR count). The maximum Gasteiger partial charge on any atom is 0.0103 e. The summed E-state index contributed by atoms with van der Waals surface area (Å²) < 4.78 is 0. The predicted octanol–water partition coefficient (Wildman–Crippen LogP) is 4.72. The molecule has 1 heteroatoms. The van der Waals surface area contributed by atoms with Gasteiger partial charge in [-0.1, -0.05) is 58.9 Å². The molecule has 1 aromatic rings. The van der Waals surface area contributed by atoms with E-state index in [9.17, 15) is 0 Å². The lowest BCUT2D eigenvalue weighted by molar-refractivity contribution is 0.133. The van der Waals surface area contributed by atoms with E-state index in [1.54, 1.807) is 0 Å². The van der Waals surface area contributed by atoms with Crippen LogP contribution in [-0.2, 0) is 5.41 Å². The van der Waals surface area contributed by atoms with Crippen LogP contribution in [0.5, 0.6) is 0 Å². The van der Waals surface area contributed by atoms with Crippen molar-refractivity contribution in [1.82, 2.24) is 5.32 Å². The first-order valence-electron chi connectivity index (χ1n) is 8.27. The van der Waals surface area contributed by atoms with Crippen molar-refractivity contribution in [3.05, 3.63) is 35.4 Å². The summed E-state index contributed by atoms with van der Waals surface area (Å²) in [5.74, 6) is 2.15. The third-order valence-electron chi connectivity index (χ3n) is 5.11. The summed E-state index contributed by atoms with van der Waals surface area (Å²) in [7, 11) is 0. The van der Waals surface area contributed by atoms with Crippen LogP contribution >= 0.6 is 0 Å². The molecule has 0 radical (unpaired) electrons. The lowest BCUT2D eigenvalue weighted by atomic mass is 9.57. The minimum atomic E-state index is 0.379. The Labute approximate surface area is 125 Å². The first-order chi connectivity index (χ1) is 9.45. The van der Waals surface area contributed by atoms with E-state index in [-0.39, 0.29) is 0 Å². The van der Waals surface area contributed by atoms with Crippen LogP contribution in [0.4, 0.5) is 0 Å². The van der Waals surface area contributed by atoms with E-state index >= 15 is 0 Å². The van der Waals surface area contributed by atoms with E-state index in [2.05, 4.69) is 64.2 Å². The molecule has 0 spiro atoms. The molecule has 0 aliphatic heterocycles. The van der Waals surface area contributed by atoms with Crippen molar-refractivity contribution >= 4 is 0 Å². The fraction of sp³-hybridized carbons (Fsp3) is 0.684. The van der Waals surface area contributed by atoms with Crippen LogP contribution in [0.3, 0.4) is 0 Å². The summed E-state index contributed by atoms with van der Waals surface area (Å²) >= 11 is 0. The lowest BCUT2D eigenvalue weighted by Crippen LogP contribution is -2.50. The minimum absolute atomic E-state index is 0.379. The Balaban J connectivity index is 2.11. The fourth-order valence-corrected chi connectivity index (χ4v) is 3.36. The lowest BCUT2D eigenvalue weighted by Gasteiger charge is -2.49. The Morgan fingerprint density at radius 3 is 2.20 bits per heavy atom. The van der Waals surface area contributed by atoms with Crippen molar-refractivity contribution in [3.63, 3.8) is 0 Å². The highest BCUT2D eigenvalue weighted by Gasteiger charge is 2.44. The van der Waals surface area contributed by atoms with E-state index in [4.69, 9.17) is 0 Å². The molecule has 112 valence electrons. The molecule has 1 nitrogen and oxygen atoms in total. The van der Waals surface area contributed by atoms with Crippen molar-refractivity contribution in [2.75, 3.05) is 13.1 Å². The minimum Gasteiger partial charge on any atom is -0.316 e. The van der Waals surface area contributed by atoms with Gasteiger partial charge in [0.05, 0.1) is 0 Å². The van der Waals surface area contributed by atoms with Crippen LogP contribution in [-0.4, -0.2) is 13.1 Å². The van der Waals surface area contributed by atoms with Gasteiger partial charge in [0.25, 0.3) is 0 Å². The van der Waals surface area contributed by atoms with Gasteiger partial charge in [-0.3, -0.25) is 0 Å². The molecule has 2 atom stereocenters. The first-order valence-corrected chi connectivity index (χ1v) is 8.27. The van der Waals surface area contributed by atoms with Crippen molar-refractivity contribution in [2.45, 2.75) is 58.8 Å². The Morgan fingerprint density at radius 1 is 1.15 bits per heavy atom. The second-order valence-electron chi connectivity index (χ2n) is 7.40. The van der Waals surface area contributed by atoms with Crippen LogP contribution < -0.4 is 5.32 Å². The largest absolute Gasteiger partial charge is 0.316 e. The zero-order valence-electron chi connectivity index (χ0n) is 13.9. The summed E-state index contributed by atoms with van der Waals surface area (Å²) in [5.41, 5.74) is 3.37. The Morgan fingerprint density at radius 2 is 1.80 bits per heavy atom. The first kappa shape index (κ1) is 15.6. The number of benzene rings is 1. The SMILES string of the molecule is CC(C)CNCC1(c2ccc(C(C)C)cc2)CCC1C. The molecule has 1 fully saturated rings. The Kier molecular flexibility index (Phi) is 4.90. The topological polar surface area (TPSA) is 12.0 Å².